The molecule has 0 heterocycles. The first-order chi connectivity index (χ1) is 33.8. The van der Waals surface area contributed by atoms with E-state index in [1.165, 1.54) is 97.3 Å². The fourth-order valence-corrected chi connectivity index (χ4v) is 17.4. The summed E-state index contributed by atoms with van der Waals surface area (Å²) in [7, 11) is -3.19. The van der Waals surface area contributed by atoms with Crippen LogP contribution >= 0.6 is 0 Å². The minimum absolute atomic E-state index is 0. The van der Waals surface area contributed by atoms with Gasteiger partial charge in [-0.15, -0.1) is 0 Å². The Kier molecular flexibility index (Phi) is 19.0. The van der Waals surface area contributed by atoms with Gasteiger partial charge < -0.3 is 37.2 Å². The van der Waals surface area contributed by atoms with Gasteiger partial charge in [0.1, 0.15) is 0 Å². The van der Waals surface area contributed by atoms with Crippen molar-refractivity contribution in [2.24, 2.45) is 0 Å². The first-order valence-corrected chi connectivity index (χ1v) is 27.4. The quantitative estimate of drug-likeness (QED) is 0.0967. The number of benzene rings is 9. The zero-order valence-electron chi connectivity index (χ0n) is 41.1. The molecule has 1 aliphatic rings. The molecular formula is C67H59Cl3SiTi. The van der Waals surface area contributed by atoms with Crippen molar-refractivity contribution < 1.29 is 57.7 Å². The van der Waals surface area contributed by atoms with Crippen LogP contribution in [0.3, 0.4) is 0 Å². The predicted octanol–water partition coefficient (Wildman–Crippen LogP) is 4.79. The van der Waals surface area contributed by atoms with Gasteiger partial charge in [-0.05, 0) is 0 Å². The Morgan fingerprint density at radius 3 is 0.681 bits per heavy atom. The molecule has 0 saturated heterocycles. The third-order valence-corrected chi connectivity index (χ3v) is 20.0. The molecule has 0 spiro atoms. The molecule has 72 heavy (non-hydrogen) atoms. The van der Waals surface area contributed by atoms with Crippen LogP contribution in [0.25, 0.3) is 0 Å². The Bertz CT molecular complexity index is 2750. The molecule has 0 aromatic heterocycles. The molecule has 0 N–H and O–H groups in total. The van der Waals surface area contributed by atoms with Gasteiger partial charge in [0.25, 0.3) is 0 Å². The van der Waals surface area contributed by atoms with Crippen molar-refractivity contribution in [1.29, 1.82) is 0 Å². The maximum Gasteiger partial charge on any atom is -1.00 e. The minimum atomic E-state index is -3.19. The van der Waals surface area contributed by atoms with Crippen LogP contribution in [0, 0.1) is 0 Å². The minimum Gasteiger partial charge on any atom is -1.00 e. The SMILES string of the molecule is CC1=[C]([Ti+3])CC([Si](c2cc(Cc3ccccc3)cc(Cc3ccccc3)c2)(c2cc(Cc3ccccc3)cc(Cc3ccccc3)c2)c2cc(Cc3ccccc3)cc(Cc3ccccc3)c2)=C1C.[Cl-].[Cl-].[Cl-]. The maximum atomic E-state index is 2.65. The summed E-state index contributed by atoms with van der Waals surface area (Å²) in [5.41, 5.74) is 19.1. The summed E-state index contributed by atoms with van der Waals surface area (Å²) in [6, 6.07) is 90.0. The van der Waals surface area contributed by atoms with Gasteiger partial charge in [0.2, 0.25) is 0 Å². The zero-order chi connectivity index (χ0) is 47.0. The summed E-state index contributed by atoms with van der Waals surface area (Å²) in [5, 5.41) is 6.04. The van der Waals surface area contributed by atoms with Crippen molar-refractivity contribution in [2.75, 3.05) is 0 Å². The first-order valence-electron chi connectivity index (χ1n) is 24.6. The van der Waals surface area contributed by atoms with Crippen molar-refractivity contribution >= 4 is 23.6 Å². The second-order valence-corrected chi connectivity index (χ2v) is 24.0. The van der Waals surface area contributed by atoms with E-state index in [0.717, 1.165) is 44.9 Å². The van der Waals surface area contributed by atoms with E-state index >= 15 is 0 Å². The van der Waals surface area contributed by atoms with Crippen molar-refractivity contribution in [1.82, 2.24) is 0 Å². The fraction of sp³-hybridized carbons (Fsp3) is 0.134. The van der Waals surface area contributed by atoms with Crippen LogP contribution in [0.1, 0.15) is 87.0 Å². The molecule has 5 heteroatoms. The van der Waals surface area contributed by atoms with Gasteiger partial charge in [-0.3, -0.25) is 0 Å². The smallest absolute Gasteiger partial charge is 1.00 e. The number of hydrogen-bond donors (Lipinski definition) is 0. The topological polar surface area (TPSA) is 0 Å². The Labute approximate surface area is 460 Å². The molecule has 0 aliphatic heterocycles. The normalized spacial score (nSPS) is 12.2. The molecule has 9 aromatic carbocycles. The monoisotopic (exact) mass is 1040 g/mol. The van der Waals surface area contributed by atoms with Gasteiger partial charge in [-0.1, -0.05) is 0 Å². The first kappa shape index (κ1) is 54.0. The Hall–Kier alpha value is -5.74. The molecule has 0 bridgehead atoms. The van der Waals surface area contributed by atoms with Crippen LogP contribution in [0.5, 0.6) is 0 Å². The van der Waals surface area contributed by atoms with E-state index in [-0.39, 0.29) is 37.2 Å². The number of allylic oxidation sites excluding steroid dienone is 4. The molecule has 0 fully saturated rings. The van der Waals surface area contributed by atoms with Crippen molar-refractivity contribution in [3.05, 3.63) is 324 Å². The molecule has 0 radical (unpaired) electrons. The Balaban J connectivity index is 0.00000253. The molecule has 0 unspecified atom stereocenters. The van der Waals surface area contributed by atoms with E-state index in [0.29, 0.717) is 0 Å². The number of hydrogen-bond acceptors (Lipinski definition) is 0. The van der Waals surface area contributed by atoms with E-state index in [2.05, 4.69) is 271 Å². The van der Waals surface area contributed by atoms with E-state index < -0.39 is 8.07 Å². The summed E-state index contributed by atoms with van der Waals surface area (Å²) >= 11 is 2.39. The van der Waals surface area contributed by atoms with Gasteiger partial charge >= 0.3 is 426 Å². The summed E-state index contributed by atoms with van der Waals surface area (Å²) in [5.74, 6) is 0. The molecule has 0 nitrogen and oxygen atoms in total. The number of rotatable bonds is 16. The third-order valence-electron chi connectivity index (χ3n) is 14.2. The van der Waals surface area contributed by atoms with Crippen molar-refractivity contribution in [3.8, 4) is 0 Å². The Morgan fingerprint density at radius 2 is 0.500 bits per heavy atom. The standard InChI is InChI=1S/C67H59Si.3ClH.Ti/c1-50-33-34-67(51(50)2)68(64-44-58(35-52-21-9-3-10-22-52)41-59(45-64)36-53-23-11-4-12-24-53,65-46-60(37-54-25-13-5-14-26-54)42-61(47-65)38-55-27-15-6-16-28-55)66-48-62(39-56-29-17-7-18-30-56)43-63(49-66)40-57-31-19-8-20-32-57;;;;/h3-32,41-49H,34-40H2,1-2H3;3*1H;/q;;;;+3/p-3. The number of halogens is 3. The average Bonchev–Trinajstić information content (AvgIpc) is 3.63. The summed E-state index contributed by atoms with van der Waals surface area (Å²) in [6.45, 7) is 4.82. The molecule has 10 rings (SSSR count). The maximum absolute atomic E-state index is 3.19. The molecule has 356 valence electrons. The van der Waals surface area contributed by atoms with E-state index in [4.69, 9.17) is 0 Å². The van der Waals surface area contributed by atoms with Crippen LogP contribution in [0.2, 0.25) is 0 Å². The van der Waals surface area contributed by atoms with E-state index in [9.17, 15) is 0 Å². The summed E-state index contributed by atoms with van der Waals surface area (Å²) < 4.78 is 1.49. The van der Waals surface area contributed by atoms with Crippen LogP contribution in [0.4, 0.5) is 0 Å². The van der Waals surface area contributed by atoms with Crippen LogP contribution in [-0.2, 0) is 59.0 Å². The van der Waals surface area contributed by atoms with Crippen molar-refractivity contribution in [3.63, 3.8) is 0 Å². The van der Waals surface area contributed by atoms with Crippen molar-refractivity contribution in [2.45, 2.75) is 58.8 Å². The summed E-state index contributed by atoms with van der Waals surface area (Å²) in [4.78, 5) is 0. The van der Waals surface area contributed by atoms with Gasteiger partial charge in [0.05, 0.1) is 0 Å². The second kappa shape index (κ2) is 25.3. The summed E-state index contributed by atoms with van der Waals surface area (Å²) in [6.07, 6.45) is 6.19. The fourth-order valence-electron chi connectivity index (χ4n) is 10.9. The van der Waals surface area contributed by atoms with Gasteiger partial charge in [-0.2, -0.15) is 0 Å². The predicted molar refractivity (Wildman–Crippen MR) is 289 cm³/mol. The van der Waals surface area contributed by atoms with E-state index in [1.54, 1.807) is 5.20 Å². The van der Waals surface area contributed by atoms with Crippen LogP contribution < -0.4 is 52.8 Å². The van der Waals surface area contributed by atoms with Gasteiger partial charge in [0, 0.05) is 0 Å². The molecule has 0 amide bonds. The second-order valence-electron chi connectivity index (χ2n) is 19.2. The van der Waals surface area contributed by atoms with Gasteiger partial charge in [-0.25, -0.2) is 0 Å². The average molecular weight is 1050 g/mol. The molecular weight excluding hydrogens is 987 g/mol. The molecule has 1 aliphatic carbocycles. The molecule has 9 aromatic rings. The van der Waals surface area contributed by atoms with Gasteiger partial charge in [0.15, 0.2) is 0 Å². The zero-order valence-corrected chi connectivity index (χ0v) is 45.9. The van der Waals surface area contributed by atoms with Crippen LogP contribution in [0.15, 0.2) is 257 Å². The van der Waals surface area contributed by atoms with E-state index in [1.807, 2.05) is 0 Å². The van der Waals surface area contributed by atoms with Crippen LogP contribution in [-0.4, -0.2) is 8.07 Å². The third kappa shape index (κ3) is 12.7. The largest absolute Gasteiger partial charge is 1.00 e. The molecule has 0 atom stereocenters. The molecule has 0 saturated carbocycles. The Morgan fingerprint density at radius 1 is 0.292 bits per heavy atom.